The van der Waals surface area contributed by atoms with Gasteiger partial charge in [-0.25, -0.2) is 0 Å². The molecule has 148 valence electrons. The molecule has 1 aromatic carbocycles. The summed E-state index contributed by atoms with van der Waals surface area (Å²) in [6.07, 6.45) is 4.78. The molecule has 1 aliphatic heterocycles. The van der Waals surface area contributed by atoms with E-state index < -0.39 is 6.10 Å². The molecule has 1 saturated heterocycles. The Bertz CT molecular complexity index is 784. The van der Waals surface area contributed by atoms with Crippen LogP contribution in [0.3, 0.4) is 0 Å². The Morgan fingerprint density at radius 3 is 2.54 bits per heavy atom. The van der Waals surface area contributed by atoms with Crippen LogP contribution in [-0.2, 0) is 4.79 Å². The quantitative estimate of drug-likeness (QED) is 0.745. The number of piperidine rings is 1. The molecule has 2 aromatic rings. The standard InChI is InChI=1S/C22H26N2O4/c1-2-20(25)16-5-7-19(8-6-16)28-15-21(26)24-12-9-17(10-13-24)22(27)18-4-3-11-23-14-18/h3-8,11,14,17,22,27H,2,9-10,12-13,15H2,1H3/t22-/m1/s1. The van der Waals surface area contributed by atoms with Gasteiger partial charge in [-0.3, -0.25) is 14.6 Å². The minimum Gasteiger partial charge on any atom is -0.484 e. The van der Waals surface area contributed by atoms with Crippen LogP contribution < -0.4 is 4.74 Å². The summed E-state index contributed by atoms with van der Waals surface area (Å²) in [7, 11) is 0. The Morgan fingerprint density at radius 1 is 1.21 bits per heavy atom. The Labute approximate surface area is 165 Å². The number of ketones is 1. The van der Waals surface area contributed by atoms with Gasteiger partial charge < -0.3 is 14.7 Å². The van der Waals surface area contributed by atoms with Gasteiger partial charge >= 0.3 is 0 Å². The highest BCUT2D eigenvalue weighted by atomic mass is 16.5. The van der Waals surface area contributed by atoms with Crippen LogP contribution in [-0.4, -0.2) is 46.4 Å². The monoisotopic (exact) mass is 382 g/mol. The summed E-state index contributed by atoms with van der Waals surface area (Å²) in [5.41, 5.74) is 1.47. The number of ether oxygens (including phenoxy) is 1. The van der Waals surface area contributed by atoms with E-state index in [9.17, 15) is 14.7 Å². The zero-order chi connectivity index (χ0) is 19.9. The zero-order valence-corrected chi connectivity index (χ0v) is 16.1. The molecule has 1 aliphatic rings. The van der Waals surface area contributed by atoms with E-state index in [0.29, 0.717) is 30.8 Å². The number of carbonyl (C=O) groups is 2. The van der Waals surface area contributed by atoms with E-state index in [4.69, 9.17) is 4.74 Å². The van der Waals surface area contributed by atoms with Crippen LogP contribution >= 0.6 is 0 Å². The molecule has 6 nitrogen and oxygen atoms in total. The number of nitrogens with zero attached hydrogens (tertiary/aromatic N) is 2. The molecule has 0 bridgehead atoms. The molecule has 1 atom stereocenters. The second kappa shape index (κ2) is 9.46. The fourth-order valence-electron chi connectivity index (χ4n) is 3.47. The third-order valence-electron chi connectivity index (χ3n) is 5.22. The van der Waals surface area contributed by atoms with Gasteiger partial charge in [0.15, 0.2) is 12.4 Å². The smallest absolute Gasteiger partial charge is 0.260 e. The first kappa shape index (κ1) is 20.0. The maximum absolute atomic E-state index is 12.4. The van der Waals surface area contributed by atoms with Crippen molar-refractivity contribution in [2.24, 2.45) is 5.92 Å². The van der Waals surface area contributed by atoms with Crippen LogP contribution in [0, 0.1) is 5.92 Å². The van der Waals surface area contributed by atoms with Crippen LogP contribution in [0.1, 0.15) is 48.2 Å². The Balaban J connectivity index is 1.45. The third kappa shape index (κ3) is 4.95. The maximum atomic E-state index is 12.4. The normalized spacial score (nSPS) is 15.9. The van der Waals surface area contributed by atoms with Crippen LogP contribution in [0.2, 0.25) is 0 Å². The fraction of sp³-hybridized carbons (Fsp3) is 0.409. The van der Waals surface area contributed by atoms with E-state index in [2.05, 4.69) is 4.98 Å². The first-order valence-electron chi connectivity index (χ1n) is 9.70. The van der Waals surface area contributed by atoms with Crippen molar-refractivity contribution in [2.75, 3.05) is 19.7 Å². The second-order valence-corrected chi connectivity index (χ2v) is 7.04. The molecule has 0 spiro atoms. The van der Waals surface area contributed by atoms with Crippen LogP contribution in [0.15, 0.2) is 48.8 Å². The number of Topliss-reactive ketones (excluding diaryl/α,β-unsaturated/α-hetero) is 1. The van der Waals surface area contributed by atoms with Gasteiger partial charge in [-0.05, 0) is 54.7 Å². The summed E-state index contributed by atoms with van der Waals surface area (Å²) < 4.78 is 5.57. The van der Waals surface area contributed by atoms with Crippen molar-refractivity contribution in [3.63, 3.8) is 0 Å². The maximum Gasteiger partial charge on any atom is 0.260 e. The number of aromatic nitrogens is 1. The first-order valence-corrected chi connectivity index (χ1v) is 9.70. The minimum absolute atomic E-state index is 0.0309. The SMILES string of the molecule is CCC(=O)c1ccc(OCC(=O)N2CCC([C@@H](O)c3cccnc3)CC2)cc1. The number of pyridine rings is 1. The molecule has 3 rings (SSSR count). The van der Waals surface area contributed by atoms with Crippen LogP contribution in [0.25, 0.3) is 0 Å². The molecule has 0 radical (unpaired) electrons. The largest absolute Gasteiger partial charge is 0.484 e. The Morgan fingerprint density at radius 2 is 1.93 bits per heavy atom. The number of hydrogen-bond acceptors (Lipinski definition) is 5. The van der Waals surface area contributed by atoms with Crippen molar-refractivity contribution in [1.29, 1.82) is 0 Å². The van der Waals surface area contributed by atoms with Crippen molar-refractivity contribution in [3.8, 4) is 5.75 Å². The summed E-state index contributed by atoms with van der Waals surface area (Å²) in [6, 6.07) is 10.6. The molecule has 1 amide bonds. The number of hydrogen-bond donors (Lipinski definition) is 1. The van der Waals surface area contributed by atoms with Crippen molar-refractivity contribution in [2.45, 2.75) is 32.3 Å². The first-order chi connectivity index (χ1) is 13.6. The fourth-order valence-corrected chi connectivity index (χ4v) is 3.47. The van der Waals surface area contributed by atoms with E-state index in [1.165, 1.54) is 0 Å². The third-order valence-corrected chi connectivity index (χ3v) is 5.22. The molecular weight excluding hydrogens is 356 g/mol. The van der Waals surface area contributed by atoms with Crippen LogP contribution in [0.4, 0.5) is 0 Å². The molecule has 1 N–H and O–H groups in total. The van der Waals surface area contributed by atoms with E-state index in [0.717, 1.165) is 18.4 Å². The molecule has 1 aromatic heterocycles. The highest BCUT2D eigenvalue weighted by Gasteiger charge is 2.28. The Hall–Kier alpha value is -2.73. The van der Waals surface area contributed by atoms with Crippen molar-refractivity contribution in [1.82, 2.24) is 9.88 Å². The van der Waals surface area contributed by atoms with E-state index in [1.807, 2.05) is 19.1 Å². The van der Waals surface area contributed by atoms with Crippen LogP contribution in [0.5, 0.6) is 5.75 Å². The van der Waals surface area contributed by atoms with E-state index >= 15 is 0 Å². The van der Waals surface area contributed by atoms with Crippen molar-refractivity contribution in [3.05, 3.63) is 59.9 Å². The van der Waals surface area contributed by atoms with E-state index in [1.54, 1.807) is 41.6 Å². The average molecular weight is 382 g/mol. The lowest BCUT2D eigenvalue weighted by Crippen LogP contribution is -2.42. The lowest BCUT2D eigenvalue weighted by molar-refractivity contribution is -0.135. The lowest BCUT2D eigenvalue weighted by atomic mass is 9.88. The summed E-state index contributed by atoms with van der Waals surface area (Å²) in [4.78, 5) is 29.9. The zero-order valence-electron chi connectivity index (χ0n) is 16.1. The number of likely N-dealkylation sites (tertiary alicyclic amines) is 1. The number of carbonyl (C=O) groups excluding carboxylic acids is 2. The minimum atomic E-state index is -0.549. The van der Waals surface area contributed by atoms with Gasteiger partial charge in [0.2, 0.25) is 0 Å². The number of aliphatic hydroxyl groups excluding tert-OH is 1. The summed E-state index contributed by atoms with van der Waals surface area (Å²) >= 11 is 0. The molecule has 1 fully saturated rings. The van der Waals surface area contributed by atoms with Gasteiger partial charge in [-0.1, -0.05) is 13.0 Å². The van der Waals surface area contributed by atoms with Crippen molar-refractivity contribution >= 4 is 11.7 Å². The molecule has 0 saturated carbocycles. The second-order valence-electron chi connectivity index (χ2n) is 7.04. The summed E-state index contributed by atoms with van der Waals surface area (Å²) in [5, 5.41) is 10.5. The highest BCUT2D eigenvalue weighted by molar-refractivity contribution is 5.95. The van der Waals surface area contributed by atoms with Gasteiger partial charge in [0.05, 0.1) is 6.10 Å². The molecule has 0 unspecified atom stereocenters. The summed E-state index contributed by atoms with van der Waals surface area (Å²) in [6.45, 7) is 3.00. The molecule has 2 heterocycles. The molecule has 28 heavy (non-hydrogen) atoms. The summed E-state index contributed by atoms with van der Waals surface area (Å²) in [5.74, 6) is 0.711. The predicted molar refractivity (Wildman–Crippen MR) is 105 cm³/mol. The predicted octanol–water partition coefficient (Wildman–Crippen LogP) is 3.03. The van der Waals surface area contributed by atoms with Gasteiger partial charge in [0.25, 0.3) is 5.91 Å². The van der Waals surface area contributed by atoms with Gasteiger partial charge in [0.1, 0.15) is 5.75 Å². The highest BCUT2D eigenvalue weighted by Crippen LogP contribution is 2.30. The number of aliphatic hydroxyl groups is 1. The number of benzene rings is 1. The van der Waals surface area contributed by atoms with E-state index in [-0.39, 0.29) is 24.2 Å². The van der Waals surface area contributed by atoms with Gasteiger partial charge in [0, 0.05) is 37.5 Å². The number of rotatable bonds is 7. The van der Waals surface area contributed by atoms with Crippen molar-refractivity contribution < 1.29 is 19.4 Å². The molecular formula is C22H26N2O4. The number of amides is 1. The van der Waals surface area contributed by atoms with Gasteiger partial charge in [-0.2, -0.15) is 0 Å². The molecule has 6 heteroatoms. The topological polar surface area (TPSA) is 79.7 Å². The lowest BCUT2D eigenvalue weighted by Gasteiger charge is -2.34. The Kier molecular flexibility index (Phi) is 6.76. The van der Waals surface area contributed by atoms with Gasteiger partial charge in [-0.15, -0.1) is 0 Å². The average Bonchev–Trinajstić information content (AvgIpc) is 2.77. The molecule has 0 aliphatic carbocycles.